The predicted molar refractivity (Wildman–Crippen MR) is 74.6 cm³/mol. The minimum absolute atomic E-state index is 0.178. The maximum Gasteiger partial charge on any atom is 0.303 e. The molecule has 0 aromatic carbocycles. The second kappa shape index (κ2) is 12.6. The molecule has 106 valence electrons. The highest BCUT2D eigenvalue weighted by Gasteiger charge is 1.98. The summed E-state index contributed by atoms with van der Waals surface area (Å²) in [6.45, 7) is 2.08. The number of hydrogen-bond donors (Lipinski definition) is 2. The molecule has 0 saturated heterocycles. The van der Waals surface area contributed by atoms with Crippen molar-refractivity contribution >= 4 is 5.97 Å². The van der Waals surface area contributed by atoms with E-state index in [1.165, 1.54) is 6.42 Å². The summed E-state index contributed by atoms with van der Waals surface area (Å²) in [5.41, 5.74) is 0. The molecule has 0 rings (SSSR count). The van der Waals surface area contributed by atoms with Crippen molar-refractivity contribution in [2.75, 3.05) is 0 Å². The Kier molecular flexibility index (Phi) is 12.0. The normalized spacial score (nSPS) is 13.0. The number of carboxylic acid groups (broad SMARTS) is 1. The molecule has 1 unspecified atom stereocenters. The average molecular weight is 256 g/mol. The van der Waals surface area contributed by atoms with Crippen molar-refractivity contribution in [2.45, 2.75) is 77.2 Å². The number of aliphatic hydroxyl groups is 1. The summed E-state index contributed by atoms with van der Waals surface area (Å²) in [6, 6.07) is 0. The van der Waals surface area contributed by atoms with Gasteiger partial charge in [0.15, 0.2) is 0 Å². The molecule has 0 fully saturated rings. The highest BCUT2D eigenvalue weighted by Crippen LogP contribution is 2.08. The van der Waals surface area contributed by atoms with Gasteiger partial charge in [-0.05, 0) is 32.1 Å². The van der Waals surface area contributed by atoms with E-state index in [2.05, 4.69) is 19.1 Å². The third kappa shape index (κ3) is 13.2. The van der Waals surface area contributed by atoms with Gasteiger partial charge in [-0.15, -0.1) is 0 Å². The molecule has 0 aromatic heterocycles. The summed E-state index contributed by atoms with van der Waals surface area (Å²) in [5.74, 6) is -0.691. The van der Waals surface area contributed by atoms with Gasteiger partial charge in [0.1, 0.15) is 0 Å². The minimum atomic E-state index is -0.691. The van der Waals surface area contributed by atoms with Gasteiger partial charge in [0.05, 0.1) is 6.10 Å². The Morgan fingerprint density at radius 3 is 2.44 bits per heavy atom. The lowest BCUT2D eigenvalue weighted by molar-refractivity contribution is -0.137. The van der Waals surface area contributed by atoms with Crippen LogP contribution in [0.2, 0.25) is 0 Å². The van der Waals surface area contributed by atoms with E-state index in [1.54, 1.807) is 0 Å². The van der Waals surface area contributed by atoms with Crippen molar-refractivity contribution in [2.24, 2.45) is 0 Å². The molecule has 0 aromatic rings. The number of aliphatic hydroxyl groups excluding tert-OH is 1. The molecule has 18 heavy (non-hydrogen) atoms. The van der Waals surface area contributed by atoms with Crippen LogP contribution in [0.3, 0.4) is 0 Å². The molecule has 3 nitrogen and oxygen atoms in total. The van der Waals surface area contributed by atoms with E-state index in [0.717, 1.165) is 51.4 Å². The molecular weight excluding hydrogens is 228 g/mol. The Bertz CT molecular complexity index is 224. The van der Waals surface area contributed by atoms with Crippen LogP contribution < -0.4 is 0 Å². The van der Waals surface area contributed by atoms with E-state index in [-0.39, 0.29) is 6.10 Å². The molecule has 0 bridgehead atoms. The molecule has 0 aliphatic rings. The van der Waals surface area contributed by atoms with Crippen molar-refractivity contribution in [1.82, 2.24) is 0 Å². The van der Waals surface area contributed by atoms with Crippen molar-refractivity contribution < 1.29 is 15.0 Å². The van der Waals surface area contributed by atoms with Gasteiger partial charge in [-0.3, -0.25) is 4.79 Å². The van der Waals surface area contributed by atoms with Gasteiger partial charge in [0.2, 0.25) is 0 Å². The van der Waals surface area contributed by atoms with E-state index >= 15 is 0 Å². The second-order valence-electron chi connectivity index (χ2n) is 4.85. The van der Waals surface area contributed by atoms with Gasteiger partial charge < -0.3 is 10.2 Å². The quantitative estimate of drug-likeness (QED) is 0.411. The molecule has 3 heteroatoms. The van der Waals surface area contributed by atoms with Crippen LogP contribution in [0.25, 0.3) is 0 Å². The number of hydrogen-bond acceptors (Lipinski definition) is 2. The maximum absolute atomic E-state index is 10.3. The van der Waals surface area contributed by atoms with Crippen LogP contribution in [-0.4, -0.2) is 22.3 Å². The lowest BCUT2D eigenvalue weighted by Crippen LogP contribution is -2.02. The summed E-state index contributed by atoms with van der Waals surface area (Å²) in [6.07, 6.45) is 13.4. The fraction of sp³-hybridized carbons (Fsp3) is 0.800. The molecule has 0 heterocycles. The molecule has 0 radical (unpaired) electrons. The smallest absolute Gasteiger partial charge is 0.303 e. The van der Waals surface area contributed by atoms with E-state index in [4.69, 9.17) is 5.11 Å². The van der Waals surface area contributed by atoms with E-state index in [0.29, 0.717) is 6.42 Å². The highest BCUT2D eigenvalue weighted by molar-refractivity contribution is 5.66. The van der Waals surface area contributed by atoms with E-state index < -0.39 is 5.97 Å². The summed E-state index contributed by atoms with van der Waals surface area (Å²) in [5, 5.41) is 18.0. The van der Waals surface area contributed by atoms with Crippen molar-refractivity contribution in [3.05, 3.63) is 12.2 Å². The van der Waals surface area contributed by atoms with Crippen LogP contribution in [0.15, 0.2) is 12.2 Å². The predicted octanol–water partition coefficient (Wildman–Crippen LogP) is 3.91. The van der Waals surface area contributed by atoms with Crippen LogP contribution in [0.5, 0.6) is 0 Å². The molecule has 0 saturated carbocycles. The van der Waals surface area contributed by atoms with Crippen LogP contribution in [0, 0.1) is 0 Å². The lowest BCUT2D eigenvalue weighted by atomic mass is 10.1. The van der Waals surface area contributed by atoms with Gasteiger partial charge >= 0.3 is 5.97 Å². The fourth-order valence-corrected chi connectivity index (χ4v) is 1.89. The van der Waals surface area contributed by atoms with E-state index in [9.17, 15) is 9.90 Å². The van der Waals surface area contributed by atoms with Crippen molar-refractivity contribution in [3.63, 3.8) is 0 Å². The van der Waals surface area contributed by atoms with Crippen molar-refractivity contribution in [1.29, 1.82) is 0 Å². The molecule has 2 N–H and O–H groups in total. The minimum Gasteiger partial charge on any atom is -0.481 e. The Labute approximate surface area is 111 Å². The first-order valence-electron chi connectivity index (χ1n) is 7.21. The van der Waals surface area contributed by atoms with Gasteiger partial charge in [-0.2, -0.15) is 0 Å². The first-order chi connectivity index (χ1) is 8.66. The van der Waals surface area contributed by atoms with Gasteiger partial charge in [-0.25, -0.2) is 0 Å². The molecule has 0 aliphatic carbocycles. The summed E-state index contributed by atoms with van der Waals surface area (Å²) >= 11 is 0. The Morgan fingerprint density at radius 1 is 1.11 bits per heavy atom. The van der Waals surface area contributed by atoms with Crippen LogP contribution in [0.4, 0.5) is 0 Å². The number of unbranched alkanes of at least 4 members (excludes halogenated alkanes) is 5. The van der Waals surface area contributed by atoms with Crippen LogP contribution >= 0.6 is 0 Å². The first kappa shape index (κ1) is 17.2. The highest BCUT2D eigenvalue weighted by atomic mass is 16.4. The Balaban J connectivity index is 3.19. The molecular formula is C15H28O3. The summed E-state index contributed by atoms with van der Waals surface area (Å²) in [4.78, 5) is 10.3. The maximum atomic E-state index is 10.3. The molecule has 0 amide bonds. The number of carbonyl (C=O) groups is 1. The topological polar surface area (TPSA) is 57.5 Å². The number of carboxylic acids is 1. The van der Waals surface area contributed by atoms with Gasteiger partial charge in [-0.1, -0.05) is 44.8 Å². The standard InChI is InChI=1S/C15H28O3/c1-2-11-14(16)12-9-7-5-3-4-6-8-10-13-15(17)18/h7,9,14,16H,2-6,8,10-13H2,1H3,(H,17,18). The van der Waals surface area contributed by atoms with Crippen LogP contribution in [0.1, 0.15) is 71.1 Å². The zero-order chi connectivity index (χ0) is 13.6. The third-order valence-corrected chi connectivity index (χ3v) is 2.96. The second-order valence-corrected chi connectivity index (χ2v) is 4.85. The van der Waals surface area contributed by atoms with Crippen molar-refractivity contribution in [3.8, 4) is 0 Å². The molecule has 0 aliphatic heterocycles. The lowest BCUT2D eigenvalue weighted by Gasteiger charge is -2.04. The monoisotopic (exact) mass is 256 g/mol. The SMILES string of the molecule is CCCC(O)CC=CCCCCCCCC(=O)O. The van der Waals surface area contributed by atoms with Gasteiger partial charge in [0.25, 0.3) is 0 Å². The van der Waals surface area contributed by atoms with Gasteiger partial charge in [0, 0.05) is 6.42 Å². The molecule has 1 atom stereocenters. The number of aliphatic carboxylic acids is 1. The summed E-state index contributed by atoms with van der Waals surface area (Å²) in [7, 11) is 0. The largest absolute Gasteiger partial charge is 0.481 e. The number of rotatable bonds is 12. The fourth-order valence-electron chi connectivity index (χ4n) is 1.89. The number of allylic oxidation sites excluding steroid dienone is 1. The third-order valence-electron chi connectivity index (χ3n) is 2.96. The zero-order valence-corrected chi connectivity index (χ0v) is 11.6. The molecule has 0 spiro atoms. The zero-order valence-electron chi connectivity index (χ0n) is 11.6. The Hall–Kier alpha value is -0.830. The van der Waals surface area contributed by atoms with E-state index in [1.807, 2.05) is 0 Å². The first-order valence-corrected chi connectivity index (χ1v) is 7.21. The Morgan fingerprint density at radius 2 is 1.78 bits per heavy atom. The van der Waals surface area contributed by atoms with Crippen LogP contribution in [-0.2, 0) is 4.79 Å². The average Bonchev–Trinajstić information content (AvgIpc) is 2.31. The summed E-state index contributed by atoms with van der Waals surface area (Å²) < 4.78 is 0.